The molecule has 1 fully saturated rings. The maximum absolute atomic E-state index is 13.9. The molecule has 0 spiro atoms. The summed E-state index contributed by atoms with van der Waals surface area (Å²) in [5.41, 5.74) is 0.115. The molecule has 0 radical (unpaired) electrons. The van der Waals surface area contributed by atoms with Crippen molar-refractivity contribution in [3.05, 3.63) is 29.6 Å². The van der Waals surface area contributed by atoms with E-state index in [4.69, 9.17) is 4.74 Å². The molecule has 4 heteroatoms. The van der Waals surface area contributed by atoms with E-state index < -0.39 is 5.82 Å². The molecule has 0 amide bonds. The summed E-state index contributed by atoms with van der Waals surface area (Å²) in [5.74, 6) is -0.625. The summed E-state index contributed by atoms with van der Waals surface area (Å²) in [6, 6.07) is 4.40. The van der Waals surface area contributed by atoms with Gasteiger partial charge in [0.1, 0.15) is 0 Å². The number of rotatable bonds is 3. The molecule has 0 saturated carbocycles. The highest BCUT2D eigenvalue weighted by molar-refractivity contribution is 6.00. The van der Waals surface area contributed by atoms with Crippen LogP contribution in [0, 0.1) is 5.82 Å². The fourth-order valence-corrected chi connectivity index (χ4v) is 2.12. The van der Waals surface area contributed by atoms with Gasteiger partial charge in [0.05, 0.1) is 18.7 Å². The van der Waals surface area contributed by atoms with E-state index in [2.05, 4.69) is 5.32 Å². The van der Waals surface area contributed by atoms with Gasteiger partial charge < -0.3 is 10.1 Å². The number of benzene rings is 1. The smallest absolute Gasteiger partial charge is 0.182 e. The Morgan fingerprint density at radius 2 is 2.29 bits per heavy atom. The molecule has 0 aliphatic carbocycles. The predicted octanol–water partition coefficient (Wildman–Crippen LogP) is 2.16. The van der Waals surface area contributed by atoms with Crippen LogP contribution in [0.4, 0.5) is 4.39 Å². The molecule has 0 bridgehead atoms. The largest absolute Gasteiger partial charge is 0.494 e. The van der Waals surface area contributed by atoms with Crippen molar-refractivity contribution in [3.63, 3.8) is 0 Å². The summed E-state index contributed by atoms with van der Waals surface area (Å²) in [7, 11) is 1.39. The van der Waals surface area contributed by atoms with E-state index in [1.54, 1.807) is 6.07 Å². The SMILES string of the molecule is COc1cccc(C(=O)C2CCCCN2)c1F. The number of hydrogen-bond donors (Lipinski definition) is 1. The molecule has 1 N–H and O–H groups in total. The quantitative estimate of drug-likeness (QED) is 0.819. The standard InChI is InChI=1S/C13H16FNO2/c1-17-11-7-4-5-9(12(11)14)13(16)10-6-2-3-8-15-10/h4-5,7,10,15H,2-3,6,8H2,1H3. The van der Waals surface area contributed by atoms with Crippen LogP contribution in [0.15, 0.2) is 18.2 Å². The fraction of sp³-hybridized carbons (Fsp3) is 0.462. The Morgan fingerprint density at radius 1 is 1.47 bits per heavy atom. The summed E-state index contributed by atoms with van der Waals surface area (Å²) in [4.78, 5) is 12.1. The van der Waals surface area contributed by atoms with Gasteiger partial charge in [-0.25, -0.2) is 4.39 Å². The Labute approximate surface area is 100.0 Å². The van der Waals surface area contributed by atoms with E-state index in [0.717, 1.165) is 25.8 Å². The van der Waals surface area contributed by atoms with Gasteiger partial charge in [-0.05, 0) is 31.5 Å². The van der Waals surface area contributed by atoms with Gasteiger partial charge in [0, 0.05) is 0 Å². The number of piperidine rings is 1. The molecule has 1 atom stereocenters. The maximum atomic E-state index is 13.9. The average molecular weight is 237 g/mol. The molecular weight excluding hydrogens is 221 g/mol. The van der Waals surface area contributed by atoms with Gasteiger partial charge in [-0.3, -0.25) is 4.79 Å². The first kappa shape index (κ1) is 12.0. The summed E-state index contributed by atoms with van der Waals surface area (Å²) >= 11 is 0. The minimum Gasteiger partial charge on any atom is -0.494 e. The molecular formula is C13H16FNO2. The molecule has 1 aliphatic heterocycles. The third-order valence-corrected chi connectivity index (χ3v) is 3.08. The number of hydrogen-bond acceptors (Lipinski definition) is 3. The van der Waals surface area contributed by atoms with E-state index in [1.807, 2.05) is 0 Å². The molecule has 1 aromatic rings. The molecule has 1 saturated heterocycles. The molecule has 17 heavy (non-hydrogen) atoms. The van der Waals surface area contributed by atoms with E-state index in [9.17, 15) is 9.18 Å². The highest BCUT2D eigenvalue weighted by atomic mass is 19.1. The zero-order chi connectivity index (χ0) is 12.3. The topological polar surface area (TPSA) is 38.3 Å². The molecule has 3 nitrogen and oxygen atoms in total. The Bertz CT molecular complexity index is 414. The van der Waals surface area contributed by atoms with Crippen molar-refractivity contribution in [1.29, 1.82) is 0 Å². The van der Waals surface area contributed by atoms with Crippen molar-refractivity contribution in [2.24, 2.45) is 0 Å². The normalized spacial score (nSPS) is 20.0. The zero-order valence-corrected chi connectivity index (χ0v) is 9.83. The van der Waals surface area contributed by atoms with E-state index in [-0.39, 0.29) is 23.1 Å². The second kappa shape index (κ2) is 5.27. The Morgan fingerprint density at radius 3 is 2.94 bits per heavy atom. The first-order chi connectivity index (χ1) is 8.24. The molecule has 0 aromatic heterocycles. The van der Waals surface area contributed by atoms with Crippen LogP contribution < -0.4 is 10.1 Å². The highest BCUT2D eigenvalue weighted by Crippen LogP contribution is 2.22. The van der Waals surface area contributed by atoms with Crippen molar-refractivity contribution in [3.8, 4) is 5.75 Å². The van der Waals surface area contributed by atoms with Gasteiger partial charge in [0.2, 0.25) is 0 Å². The van der Waals surface area contributed by atoms with Gasteiger partial charge in [0.15, 0.2) is 17.3 Å². The van der Waals surface area contributed by atoms with Crippen molar-refractivity contribution in [1.82, 2.24) is 5.32 Å². The monoisotopic (exact) mass is 237 g/mol. The summed E-state index contributed by atoms with van der Waals surface area (Å²) in [5, 5.41) is 3.13. The minimum atomic E-state index is -0.563. The van der Waals surface area contributed by atoms with Crippen LogP contribution in [-0.2, 0) is 0 Å². The second-order valence-corrected chi connectivity index (χ2v) is 4.19. The first-order valence-electron chi connectivity index (χ1n) is 5.84. The van der Waals surface area contributed by atoms with Crippen molar-refractivity contribution >= 4 is 5.78 Å². The van der Waals surface area contributed by atoms with Crippen LogP contribution >= 0.6 is 0 Å². The van der Waals surface area contributed by atoms with Crippen molar-refractivity contribution in [2.45, 2.75) is 25.3 Å². The molecule has 1 aromatic carbocycles. The predicted molar refractivity (Wildman–Crippen MR) is 62.9 cm³/mol. The van der Waals surface area contributed by atoms with Gasteiger partial charge in [-0.15, -0.1) is 0 Å². The number of carbonyl (C=O) groups excluding carboxylic acids is 1. The van der Waals surface area contributed by atoms with Gasteiger partial charge in [-0.2, -0.15) is 0 Å². The van der Waals surface area contributed by atoms with Crippen LogP contribution in [0.3, 0.4) is 0 Å². The summed E-state index contributed by atoms with van der Waals surface area (Å²) in [6.45, 7) is 0.821. The van der Waals surface area contributed by atoms with Crippen LogP contribution in [0.2, 0.25) is 0 Å². The lowest BCUT2D eigenvalue weighted by Gasteiger charge is -2.22. The molecule has 1 heterocycles. The number of halogens is 1. The fourth-order valence-electron chi connectivity index (χ4n) is 2.12. The third-order valence-electron chi connectivity index (χ3n) is 3.08. The summed E-state index contributed by atoms with van der Waals surface area (Å²) in [6.07, 6.45) is 2.86. The lowest BCUT2D eigenvalue weighted by Crippen LogP contribution is -2.40. The third kappa shape index (κ3) is 2.47. The van der Waals surface area contributed by atoms with Crippen molar-refractivity contribution in [2.75, 3.05) is 13.7 Å². The van der Waals surface area contributed by atoms with Gasteiger partial charge in [0.25, 0.3) is 0 Å². The zero-order valence-electron chi connectivity index (χ0n) is 9.83. The lowest BCUT2D eigenvalue weighted by molar-refractivity contribution is 0.0922. The van der Waals surface area contributed by atoms with E-state index in [1.165, 1.54) is 19.2 Å². The lowest BCUT2D eigenvalue weighted by atomic mass is 9.96. The average Bonchev–Trinajstić information content (AvgIpc) is 2.39. The van der Waals surface area contributed by atoms with Crippen LogP contribution in [0.5, 0.6) is 5.75 Å². The summed E-state index contributed by atoms with van der Waals surface area (Å²) < 4.78 is 18.8. The molecule has 92 valence electrons. The van der Waals surface area contributed by atoms with Crippen LogP contribution in [0.25, 0.3) is 0 Å². The van der Waals surface area contributed by atoms with Gasteiger partial charge in [-0.1, -0.05) is 12.5 Å². The number of ketones is 1. The molecule has 2 rings (SSSR count). The number of nitrogens with one attached hydrogen (secondary N) is 1. The highest BCUT2D eigenvalue weighted by Gasteiger charge is 2.25. The Hall–Kier alpha value is -1.42. The Balaban J connectivity index is 2.23. The minimum absolute atomic E-state index is 0.115. The first-order valence-corrected chi connectivity index (χ1v) is 5.84. The van der Waals surface area contributed by atoms with Crippen LogP contribution in [0.1, 0.15) is 29.6 Å². The number of ether oxygens (including phenoxy) is 1. The molecule has 1 unspecified atom stereocenters. The number of Topliss-reactive ketones (excluding diaryl/α,β-unsaturated/α-hetero) is 1. The van der Waals surface area contributed by atoms with E-state index in [0.29, 0.717) is 0 Å². The maximum Gasteiger partial charge on any atom is 0.182 e. The van der Waals surface area contributed by atoms with E-state index >= 15 is 0 Å². The van der Waals surface area contributed by atoms with Crippen molar-refractivity contribution < 1.29 is 13.9 Å². The number of carbonyl (C=O) groups is 1. The molecule has 1 aliphatic rings. The number of methoxy groups -OCH3 is 1. The second-order valence-electron chi connectivity index (χ2n) is 4.19. The van der Waals surface area contributed by atoms with Gasteiger partial charge >= 0.3 is 0 Å². The Kier molecular flexibility index (Phi) is 3.74. The van der Waals surface area contributed by atoms with Crippen LogP contribution in [-0.4, -0.2) is 25.5 Å².